The van der Waals surface area contributed by atoms with Gasteiger partial charge in [-0.2, -0.15) is 4.31 Å². The molecule has 0 saturated heterocycles. The van der Waals surface area contributed by atoms with E-state index in [1.165, 1.54) is 26.3 Å². The minimum Gasteiger partial charge on any atom is -0.497 e. The number of sulfonamides is 1. The molecule has 0 unspecified atom stereocenters. The molecule has 0 aromatic heterocycles. The first-order chi connectivity index (χ1) is 12.8. The van der Waals surface area contributed by atoms with E-state index in [0.717, 1.165) is 9.99 Å². The zero-order valence-electron chi connectivity index (χ0n) is 15.8. The molecule has 7 nitrogen and oxygen atoms in total. The van der Waals surface area contributed by atoms with Crippen LogP contribution in [-0.2, 0) is 14.8 Å². The molecule has 0 radical (unpaired) electrons. The maximum Gasteiger partial charge on any atom is 0.243 e. The number of ether oxygens (including phenoxy) is 1. The molecule has 8 heteroatoms. The first kappa shape index (κ1) is 20.7. The Morgan fingerprint density at radius 1 is 1.04 bits per heavy atom. The lowest BCUT2D eigenvalue weighted by Crippen LogP contribution is -2.40. The Labute approximate surface area is 160 Å². The number of carbonyl (C=O) groups excluding carboxylic acids is 1. The standard InChI is InChI=1S/C19H25N3O4S/c1-21(16-7-5-4-6-8-16)14-13-20-19(23)15-22(2)27(24,25)18-11-9-17(26-3)10-12-18/h4-12H,13-15H2,1-3H3,(H,20,23). The molecule has 0 bridgehead atoms. The van der Waals surface area contributed by atoms with E-state index < -0.39 is 10.0 Å². The highest BCUT2D eigenvalue weighted by Gasteiger charge is 2.22. The van der Waals surface area contributed by atoms with Crippen LogP contribution in [0.2, 0.25) is 0 Å². The van der Waals surface area contributed by atoms with Gasteiger partial charge in [0.1, 0.15) is 5.75 Å². The molecule has 1 amide bonds. The molecule has 2 aromatic rings. The molecule has 0 atom stereocenters. The third kappa shape index (κ3) is 5.70. The normalized spacial score (nSPS) is 11.3. The zero-order chi connectivity index (χ0) is 19.9. The quantitative estimate of drug-likeness (QED) is 0.702. The fraction of sp³-hybridized carbons (Fsp3) is 0.316. The Bertz CT molecular complexity index is 839. The smallest absolute Gasteiger partial charge is 0.243 e. The van der Waals surface area contributed by atoms with Crippen molar-refractivity contribution in [2.45, 2.75) is 4.90 Å². The van der Waals surface area contributed by atoms with Gasteiger partial charge in [0.15, 0.2) is 0 Å². The van der Waals surface area contributed by atoms with Crippen LogP contribution in [0.1, 0.15) is 0 Å². The molecular weight excluding hydrogens is 366 g/mol. The van der Waals surface area contributed by atoms with Gasteiger partial charge in [0.25, 0.3) is 0 Å². The average molecular weight is 391 g/mol. The second-order valence-corrected chi connectivity index (χ2v) is 8.09. The molecule has 0 fully saturated rings. The van der Waals surface area contributed by atoms with Crippen LogP contribution in [0.4, 0.5) is 5.69 Å². The molecule has 27 heavy (non-hydrogen) atoms. The third-order valence-electron chi connectivity index (χ3n) is 4.10. The summed E-state index contributed by atoms with van der Waals surface area (Å²) in [5.41, 5.74) is 1.05. The monoisotopic (exact) mass is 391 g/mol. The lowest BCUT2D eigenvalue weighted by Gasteiger charge is -2.20. The van der Waals surface area contributed by atoms with Crippen molar-refractivity contribution in [3.63, 3.8) is 0 Å². The lowest BCUT2D eigenvalue weighted by molar-refractivity contribution is -0.121. The number of carbonyl (C=O) groups is 1. The van der Waals surface area contributed by atoms with Crippen LogP contribution >= 0.6 is 0 Å². The largest absolute Gasteiger partial charge is 0.497 e. The fourth-order valence-electron chi connectivity index (χ4n) is 2.45. The summed E-state index contributed by atoms with van der Waals surface area (Å²) in [4.78, 5) is 14.2. The van der Waals surface area contributed by atoms with Crippen LogP contribution < -0.4 is 15.0 Å². The van der Waals surface area contributed by atoms with Crippen molar-refractivity contribution in [3.05, 3.63) is 54.6 Å². The second kappa shape index (κ2) is 9.38. The molecule has 2 aromatic carbocycles. The fourth-order valence-corrected chi connectivity index (χ4v) is 3.57. The van der Waals surface area contributed by atoms with Crippen molar-refractivity contribution < 1.29 is 17.9 Å². The summed E-state index contributed by atoms with van der Waals surface area (Å²) in [6.45, 7) is 0.786. The zero-order valence-corrected chi connectivity index (χ0v) is 16.6. The van der Waals surface area contributed by atoms with Crippen molar-refractivity contribution in [1.82, 2.24) is 9.62 Å². The van der Waals surface area contributed by atoms with Crippen LogP contribution in [-0.4, -0.2) is 59.5 Å². The minimum absolute atomic E-state index is 0.113. The lowest BCUT2D eigenvalue weighted by atomic mass is 10.3. The third-order valence-corrected chi connectivity index (χ3v) is 5.92. The van der Waals surface area contributed by atoms with Crippen molar-refractivity contribution in [3.8, 4) is 5.75 Å². The number of hydrogen-bond acceptors (Lipinski definition) is 5. The van der Waals surface area contributed by atoms with E-state index in [2.05, 4.69) is 5.32 Å². The number of nitrogens with one attached hydrogen (secondary N) is 1. The van der Waals surface area contributed by atoms with Crippen molar-refractivity contribution in [2.24, 2.45) is 0 Å². The Morgan fingerprint density at radius 3 is 2.26 bits per heavy atom. The Kier molecular flexibility index (Phi) is 7.20. The maximum absolute atomic E-state index is 12.5. The average Bonchev–Trinajstić information content (AvgIpc) is 2.68. The Balaban J connectivity index is 1.85. The Morgan fingerprint density at radius 2 is 1.67 bits per heavy atom. The Hall–Kier alpha value is -2.58. The topological polar surface area (TPSA) is 79.0 Å². The summed E-state index contributed by atoms with van der Waals surface area (Å²) in [7, 11) is 1.09. The summed E-state index contributed by atoms with van der Waals surface area (Å²) in [6.07, 6.45) is 0. The number of methoxy groups -OCH3 is 1. The van der Waals surface area contributed by atoms with Crippen LogP contribution in [0, 0.1) is 0 Å². The van der Waals surface area contributed by atoms with E-state index in [1.807, 2.05) is 42.3 Å². The van der Waals surface area contributed by atoms with Crippen LogP contribution in [0.3, 0.4) is 0 Å². The SMILES string of the molecule is COc1ccc(S(=O)(=O)N(C)CC(=O)NCCN(C)c2ccccc2)cc1. The molecule has 0 aliphatic carbocycles. The van der Waals surface area contributed by atoms with E-state index in [-0.39, 0.29) is 17.3 Å². The number of benzene rings is 2. The van der Waals surface area contributed by atoms with E-state index in [0.29, 0.717) is 18.8 Å². The molecule has 1 N–H and O–H groups in total. The number of rotatable bonds is 9. The van der Waals surface area contributed by atoms with Crippen molar-refractivity contribution in [2.75, 3.05) is 45.7 Å². The molecule has 0 aliphatic heterocycles. The van der Waals surface area contributed by atoms with Gasteiger partial charge in [0.2, 0.25) is 15.9 Å². The molecular formula is C19H25N3O4S. The van der Waals surface area contributed by atoms with Gasteiger partial charge in [-0.05, 0) is 36.4 Å². The van der Waals surface area contributed by atoms with E-state index in [9.17, 15) is 13.2 Å². The predicted molar refractivity (Wildman–Crippen MR) is 106 cm³/mol. The summed E-state index contributed by atoms with van der Waals surface area (Å²) in [5.74, 6) is 0.216. The van der Waals surface area contributed by atoms with Crippen molar-refractivity contribution >= 4 is 21.6 Å². The minimum atomic E-state index is -3.74. The van der Waals surface area contributed by atoms with Gasteiger partial charge in [-0.3, -0.25) is 4.79 Å². The van der Waals surface area contributed by atoms with Gasteiger partial charge >= 0.3 is 0 Å². The first-order valence-electron chi connectivity index (χ1n) is 8.48. The van der Waals surface area contributed by atoms with Gasteiger partial charge < -0.3 is 15.0 Å². The second-order valence-electron chi connectivity index (χ2n) is 6.04. The van der Waals surface area contributed by atoms with Gasteiger partial charge in [-0.1, -0.05) is 18.2 Å². The highest BCUT2D eigenvalue weighted by atomic mass is 32.2. The summed E-state index contributed by atoms with van der Waals surface area (Å²) in [5, 5.41) is 2.75. The molecule has 0 spiro atoms. The summed E-state index contributed by atoms with van der Waals surface area (Å²) >= 11 is 0. The molecule has 2 rings (SSSR count). The number of nitrogens with zero attached hydrogens (tertiary/aromatic N) is 2. The van der Waals surface area contributed by atoms with E-state index in [1.54, 1.807) is 12.1 Å². The van der Waals surface area contributed by atoms with E-state index in [4.69, 9.17) is 4.74 Å². The molecule has 0 heterocycles. The highest BCUT2D eigenvalue weighted by Crippen LogP contribution is 2.18. The van der Waals surface area contributed by atoms with Crippen molar-refractivity contribution in [1.29, 1.82) is 0 Å². The molecule has 146 valence electrons. The highest BCUT2D eigenvalue weighted by molar-refractivity contribution is 7.89. The van der Waals surface area contributed by atoms with Gasteiger partial charge in [-0.25, -0.2) is 8.42 Å². The number of anilines is 1. The van der Waals surface area contributed by atoms with Gasteiger partial charge in [0, 0.05) is 32.9 Å². The predicted octanol–water partition coefficient (Wildman–Crippen LogP) is 1.57. The number of amides is 1. The summed E-state index contributed by atoms with van der Waals surface area (Å²) in [6, 6.07) is 15.9. The first-order valence-corrected chi connectivity index (χ1v) is 9.92. The molecule has 0 aliphatic rings. The summed E-state index contributed by atoms with van der Waals surface area (Å²) < 4.78 is 31.1. The maximum atomic E-state index is 12.5. The van der Waals surface area contributed by atoms with Crippen LogP contribution in [0.15, 0.2) is 59.5 Å². The van der Waals surface area contributed by atoms with Gasteiger partial charge in [-0.15, -0.1) is 0 Å². The van der Waals surface area contributed by atoms with Gasteiger partial charge in [0.05, 0.1) is 18.6 Å². The number of likely N-dealkylation sites (N-methyl/N-ethyl adjacent to an activating group) is 2. The van der Waals surface area contributed by atoms with Crippen LogP contribution in [0.5, 0.6) is 5.75 Å². The number of para-hydroxylation sites is 1. The number of hydrogen-bond donors (Lipinski definition) is 1. The van der Waals surface area contributed by atoms with E-state index >= 15 is 0 Å². The van der Waals surface area contributed by atoms with Crippen LogP contribution in [0.25, 0.3) is 0 Å². The molecule has 0 saturated carbocycles.